The average Bonchev–Trinajstić information content (AvgIpc) is 3.48. The van der Waals surface area contributed by atoms with E-state index in [9.17, 15) is 14.4 Å². The summed E-state index contributed by atoms with van der Waals surface area (Å²) in [7, 11) is 2.93. The van der Waals surface area contributed by atoms with E-state index >= 15 is 0 Å². The van der Waals surface area contributed by atoms with Crippen LogP contribution in [-0.2, 0) is 32.0 Å². The van der Waals surface area contributed by atoms with Crippen molar-refractivity contribution < 1.29 is 4.79 Å². The van der Waals surface area contributed by atoms with Gasteiger partial charge in [0.05, 0.1) is 23.1 Å². The van der Waals surface area contributed by atoms with Crippen LogP contribution >= 0.6 is 22.9 Å². The molecule has 0 spiro atoms. The molecule has 35 heavy (non-hydrogen) atoms. The average molecular weight is 510 g/mol. The maximum atomic E-state index is 13.7. The predicted molar refractivity (Wildman–Crippen MR) is 135 cm³/mol. The largest absolute Gasteiger partial charge is 0.332 e. The Kier molecular flexibility index (Phi) is 5.73. The Balaban J connectivity index is 1.59. The fraction of sp³-hybridized carbons (Fsp3) is 0.217. The Morgan fingerprint density at radius 2 is 1.97 bits per heavy atom. The van der Waals surface area contributed by atoms with Gasteiger partial charge in [-0.25, -0.2) is 14.8 Å². The topological polar surface area (TPSA) is 108 Å². The standard InChI is InChI=1S/C23H20ClN7O3S/c1-13-15(24)6-7-16-18(13)27-22(35-16)31(10-14-5-4-8-25-9-14)17(32)11-30-12-26-20-19(30)21(33)29(3)23(34)28(20)2/h4-9,12H,10-11H2,1-3H3. The monoisotopic (exact) mass is 509 g/mol. The maximum Gasteiger partial charge on any atom is 0.332 e. The fourth-order valence-electron chi connectivity index (χ4n) is 3.89. The van der Waals surface area contributed by atoms with E-state index in [0.29, 0.717) is 10.2 Å². The highest BCUT2D eigenvalue weighted by atomic mass is 35.5. The van der Waals surface area contributed by atoms with Crippen LogP contribution < -0.4 is 16.1 Å². The van der Waals surface area contributed by atoms with Crippen molar-refractivity contribution in [3.8, 4) is 0 Å². The highest BCUT2D eigenvalue weighted by Crippen LogP contribution is 2.34. The van der Waals surface area contributed by atoms with Crippen LogP contribution in [0.4, 0.5) is 5.13 Å². The van der Waals surface area contributed by atoms with Crippen LogP contribution in [0.3, 0.4) is 0 Å². The molecule has 0 unspecified atom stereocenters. The maximum absolute atomic E-state index is 13.7. The number of rotatable bonds is 5. The summed E-state index contributed by atoms with van der Waals surface area (Å²) in [6.07, 6.45) is 4.75. The van der Waals surface area contributed by atoms with Gasteiger partial charge in [-0.3, -0.25) is 28.6 Å². The first-order valence-electron chi connectivity index (χ1n) is 10.6. The van der Waals surface area contributed by atoms with E-state index in [1.54, 1.807) is 23.4 Å². The molecule has 5 rings (SSSR count). The number of aromatic nitrogens is 6. The van der Waals surface area contributed by atoms with Gasteiger partial charge in [0.1, 0.15) is 6.54 Å². The molecule has 0 saturated heterocycles. The molecular weight excluding hydrogens is 490 g/mol. The number of thiazole rings is 1. The predicted octanol–water partition coefficient (Wildman–Crippen LogP) is 2.63. The lowest BCUT2D eigenvalue weighted by atomic mass is 10.2. The lowest BCUT2D eigenvalue weighted by Crippen LogP contribution is -2.38. The van der Waals surface area contributed by atoms with E-state index < -0.39 is 11.2 Å². The van der Waals surface area contributed by atoms with Gasteiger partial charge < -0.3 is 4.57 Å². The van der Waals surface area contributed by atoms with E-state index in [-0.39, 0.29) is 30.2 Å². The molecule has 0 bridgehead atoms. The molecule has 4 aromatic heterocycles. The number of amides is 1. The first-order chi connectivity index (χ1) is 16.8. The summed E-state index contributed by atoms with van der Waals surface area (Å²) in [6.45, 7) is 1.96. The van der Waals surface area contributed by atoms with Crippen LogP contribution in [0.5, 0.6) is 0 Å². The third kappa shape index (κ3) is 3.92. The second-order valence-electron chi connectivity index (χ2n) is 8.11. The van der Waals surface area contributed by atoms with E-state index in [2.05, 4.69) is 9.97 Å². The normalized spacial score (nSPS) is 11.4. The van der Waals surface area contributed by atoms with Crippen molar-refractivity contribution in [3.63, 3.8) is 0 Å². The molecule has 0 aliphatic heterocycles. The van der Waals surface area contributed by atoms with Crippen LogP contribution in [0.1, 0.15) is 11.1 Å². The molecule has 5 aromatic rings. The molecule has 4 heterocycles. The number of fused-ring (bicyclic) bond motifs is 2. The van der Waals surface area contributed by atoms with Crippen molar-refractivity contribution in [3.05, 3.63) is 80.0 Å². The molecule has 0 saturated carbocycles. The highest BCUT2D eigenvalue weighted by molar-refractivity contribution is 7.22. The second kappa shape index (κ2) is 8.75. The molecule has 12 heteroatoms. The summed E-state index contributed by atoms with van der Waals surface area (Å²) in [5, 5.41) is 1.11. The number of hydrogen-bond donors (Lipinski definition) is 0. The van der Waals surface area contributed by atoms with Crippen molar-refractivity contribution >= 4 is 55.4 Å². The first-order valence-corrected chi connectivity index (χ1v) is 11.8. The number of hydrogen-bond acceptors (Lipinski definition) is 7. The summed E-state index contributed by atoms with van der Waals surface area (Å²) in [4.78, 5) is 53.4. The SMILES string of the molecule is Cc1c(Cl)ccc2sc(N(Cc3cccnc3)C(=O)Cn3cnc4c3c(=O)n(C)c(=O)n4C)nc12. The van der Waals surface area contributed by atoms with Crippen molar-refractivity contribution in [2.24, 2.45) is 14.1 Å². The summed E-state index contributed by atoms with van der Waals surface area (Å²) in [6, 6.07) is 7.37. The lowest BCUT2D eigenvalue weighted by Gasteiger charge is -2.20. The molecule has 1 amide bonds. The minimum Gasteiger partial charge on any atom is -0.315 e. The number of carbonyl (C=O) groups is 1. The van der Waals surface area contributed by atoms with Crippen LogP contribution in [-0.4, -0.2) is 34.6 Å². The minimum absolute atomic E-state index is 0.167. The Morgan fingerprint density at radius 1 is 1.17 bits per heavy atom. The Hall–Kier alpha value is -3.83. The van der Waals surface area contributed by atoms with E-state index in [1.807, 2.05) is 25.1 Å². The van der Waals surface area contributed by atoms with Crippen LogP contribution in [0.25, 0.3) is 21.4 Å². The van der Waals surface area contributed by atoms with Crippen LogP contribution in [0.2, 0.25) is 5.02 Å². The smallest absolute Gasteiger partial charge is 0.315 e. The van der Waals surface area contributed by atoms with Crippen molar-refractivity contribution in [2.75, 3.05) is 4.90 Å². The zero-order valence-corrected chi connectivity index (χ0v) is 20.7. The van der Waals surface area contributed by atoms with Gasteiger partial charge in [-0.05, 0) is 36.2 Å². The molecule has 0 aliphatic carbocycles. The number of benzene rings is 1. The molecule has 178 valence electrons. The Bertz CT molecular complexity index is 1720. The molecule has 10 nitrogen and oxygen atoms in total. The van der Waals surface area contributed by atoms with Gasteiger partial charge in [-0.1, -0.05) is 29.0 Å². The van der Waals surface area contributed by atoms with Crippen molar-refractivity contribution in [2.45, 2.75) is 20.0 Å². The van der Waals surface area contributed by atoms with Gasteiger partial charge in [0.2, 0.25) is 5.91 Å². The first kappa shape index (κ1) is 22.9. The van der Waals surface area contributed by atoms with Crippen LogP contribution in [0.15, 0.2) is 52.6 Å². The number of carbonyl (C=O) groups excluding carboxylic acids is 1. The Morgan fingerprint density at radius 3 is 2.71 bits per heavy atom. The van der Waals surface area contributed by atoms with Gasteiger partial charge in [0.15, 0.2) is 16.3 Å². The molecular formula is C23H20ClN7O3S. The van der Waals surface area contributed by atoms with E-state index in [4.69, 9.17) is 16.6 Å². The molecule has 0 atom stereocenters. The van der Waals surface area contributed by atoms with Gasteiger partial charge in [-0.15, -0.1) is 0 Å². The lowest BCUT2D eigenvalue weighted by molar-refractivity contribution is -0.119. The van der Waals surface area contributed by atoms with Crippen LogP contribution in [0, 0.1) is 6.92 Å². The number of anilines is 1. The third-order valence-corrected chi connectivity index (χ3v) is 7.31. The molecule has 1 aromatic carbocycles. The third-order valence-electron chi connectivity index (χ3n) is 5.85. The van der Waals surface area contributed by atoms with Gasteiger partial charge in [-0.2, -0.15) is 0 Å². The number of halogens is 1. The van der Waals surface area contributed by atoms with Gasteiger partial charge >= 0.3 is 5.69 Å². The summed E-state index contributed by atoms with van der Waals surface area (Å²) in [5.74, 6) is -0.299. The summed E-state index contributed by atoms with van der Waals surface area (Å²) >= 11 is 7.66. The number of imidazole rings is 1. The zero-order valence-electron chi connectivity index (χ0n) is 19.1. The highest BCUT2D eigenvalue weighted by Gasteiger charge is 2.24. The molecule has 0 radical (unpaired) electrons. The molecule has 0 N–H and O–H groups in total. The number of aryl methyl sites for hydroxylation is 2. The van der Waals surface area contributed by atoms with Gasteiger partial charge in [0.25, 0.3) is 5.56 Å². The summed E-state index contributed by atoms with van der Waals surface area (Å²) in [5.41, 5.74) is 1.79. The van der Waals surface area contributed by atoms with E-state index in [1.165, 1.54) is 40.9 Å². The van der Waals surface area contributed by atoms with Gasteiger partial charge in [0, 0.05) is 31.5 Å². The number of pyridine rings is 1. The Labute approximate surface area is 207 Å². The minimum atomic E-state index is -0.516. The molecule has 0 aliphatic rings. The van der Waals surface area contributed by atoms with Crippen molar-refractivity contribution in [1.82, 2.24) is 28.7 Å². The summed E-state index contributed by atoms with van der Waals surface area (Å²) < 4.78 is 4.65. The number of nitrogens with zero attached hydrogens (tertiary/aromatic N) is 7. The fourth-order valence-corrected chi connectivity index (χ4v) is 5.08. The van der Waals surface area contributed by atoms with E-state index in [0.717, 1.165) is 25.9 Å². The zero-order chi connectivity index (χ0) is 24.9. The van der Waals surface area contributed by atoms with Crippen molar-refractivity contribution in [1.29, 1.82) is 0 Å². The quantitative estimate of drug-likeness (QED) is 0.360. The second-order valence-corrected chi connectivity index (χ2v) is 9.52. The molecule has 0 fully saturated rings.